The summed E-state index contributed by atoms with van der Waals surface area (Å²) in [4.78, 5) is 6.74. The zero-order valence-electron chi connectivity index (χ0n) is 13.2. The number of likely N-dealkylation sites (tertiary alicyclic amines) is 1. The van der Waals surface area contributed by atoms with Gasteiger partial charge in [0.15, 0.2) is 0 Å². The molecule has 128 valence electrons. The van der Waals surface area contributed by atoms with Crippen molar-refractivity contribution in [1.29, 1.82) is 0 Å². The highest BCUT2D eigenvalue weighted by Gasteiger charge is 2.47. The van der Waals surface area contributed by atoms with Crippen molar-refractivity contribution in [3.05, 3.63) is 16.6 Å². The summed E-state index contributed by atoms with van der Waals surface area (Å²) in [5, 5.41) is 2.99. The Morgan fingerprint density at radius 1 is 1.35 bits per heavy atom. The molecular formula is C15H23N3O3S2. The third-order valence-electron chi connectivity index (χ3n) is 5.07. The Hall–Kier alpha value is -0.540. The molecule has 3 heterocycles. The maximum Gasteiger partial charge on any atom is 0.217 e. The third-order valence-corrected chi connectivity index (χ3v) is 8.18. The van der Waals surface area contributed by atoms with Crippen molar-refractivity contribution in [2.24, 2.45) is 5.41 Å². The van der Waals surface area contributed by atoms with E-state index in [1.807, 2.05) is 11.6 Å². The van der Waals surface area contributed by atoms with Gasteiger partial charge in [0.1, 0.15) is 5.01 Å². The van der Waals surface area contributed by atoms with Gasteiger partial charge in [0.25, 0.3) is 0 Å². The van der Waals surface area contributed by atoms with Crippen LogP contribution in [0.25, 0.3) is 0 Å². The van der Waals surface area contributed by atoms with E-state index in [9.17, 15) is 8.42 Å². The Balaban J connectivity index is 1.46. The van der Waals surface area contributed by atoms with Crippen LogP contribution in [0.3, 0.4) is 0 Å². The highest BCUT2D eigenvalue weighted by Crippen LogP contribution is 2.38. The summed E-state index contributed by atoms with van der Waals surface area (Å²) in [6.45, 7) is 5.03. The standard InChI is InChI=1S/C15H23N3O3S2/c19-23(20,13-1-2-13)18-6-7-21-12-15(11-18)3-5-17(10-15)9-14-16-4-8-22-14/h4,8,13H,1-3,5-7,9-12H2/t15-/m1/s1. The molecule has 2 aliphatic heterocycles. The average Bonchev–Trinajstić information content (AvgIpc) is 3.20. The van der Waals surface area contributed by atoms with Gasteiger partial charge < -0.3 is 4.74 Å². The first-order valence-corrected chi connectivity index (χ1v) is 10.6. The minimum absolute atomic E-state index is 0.0598. The third kappa shape index (κ3) is 3.32. The monoisotopic (exact) mass is 357 g/mol. The molecule has 1 aromatic rings. The number of ether oxygens (including phenoxy) is 1. The molecule has 0 aromatic carbocycles. The molecule has 0 unspecified atom stereocenters. The number of hydrogen-bond donors (Lipinski definition) is 0. The Morgan fingerprint density at radius 3 is 2.96 bits per heavy atom. The zero-order chi connectivity index (χ0) is 15.9. The van der Waals surface area contributed by atoms with Gasteiger partial charge in [-0.2, -0.15) is 4.31 Å². The van der Waals surface area contributed by atoms with Crippen LogP contribution in [0.5, 0.6) is 0 Å². The highest BCUT2D eigenvalue weighted by atomic mass is 32.2. The predicted molar refractivity (Wildman–Crippen MR) is 88.8 cm³/mol. The Bertz CT molecular complexity index is 645. The van der Waals surface area contributed by atoms with Crippen LogP contribution in [0.2, 0.25) is 0 Å². The summed E-state index contributed by atoms with van der Waals surface area (Å²) in [6, 6.07) is 0. The van der Waals surface area contributed by atoms with Crippen molar-refractivity contribution in [2.75, 3.05) is 39.4 Å². The second-order valence-electron chi connectivity index (χ2n) is 7.02. The van der Waals surface area contributed by atoms with Crippen LogP contribution in [-0.2, 0) is 21.3 Å². The van der Waals surface area contributed by atoms with Gasteiger partial charge in [-0.15, -0.1) is 11.3 Å². The molecule has 2 saturated heterocycles. The second-order valence-corrected chi connectivity index (χ2v) is 10.2. The molecule has 1 aromatic heterocycles. The van der Waals surface area contributed by atoms with Gasteiger partial charge in [-0.05, 0) is 25.8 Å². The molecule has 1 spiro atoms. The molecular weight excluding hydrogens is 334 g/mol. The van der Waals surface area contributed by atoms with Crippen molar-refractivity contribution in [1.82, 2.24) is 14.2 Å². The van der Waals surface area contributed by atoms with Crippen molar-refractivity contribution < 1.29 is 13.2 Å². The van der Waals surface area contributed by atoms with Gasteiger partial charge in [0, 0.05) is 36.6 Å². The van der Waals surface area contributed by atoms with Crippen LogP contribution in [0, 0.1) is 5.41 Å². The van der Waals surface area contributed by atoms with Crippen LogP contribution in [0.4, 0.5) is 0 Å². The molecule has 6 nitrogen and oxygen atoms in total. The summed E-state index contributed by atoms with van der Waals surface area (Å²) >= 11 is 1.68. The lowest BCUT2D eigenvalue weighted by molar-refractivity contribution is 0.0721. The zero-order valence-corrected chi connectivity index (χ0v) is 14.8. The summed E-state index contributed by atoms with van der Waals surface area (Å²) in [7, 11) is -3.12. The quantitative estimate of drug-likeness (QED) is 0.809. The molecule has 1 saturated carbocycles. The molecule has 0 bridgehead atoms. The first-order valence-electron chi connectivity index (χ1n) is 8.25. The summed E-state index contributed by atoms with van der Waals surface area (Å²) in [6.07, 6.45) is 4.48. The van der Waals surface area contributed by atoms with E-state index < -0.39 is 10.0 Å². The van der Waals surface area contributed by atoms with Crippen molar-refractivity contribution >= 4 is 21.4 Å². The van der Waals surface area contributed by atoms with Crippen molar-refractivity contribution in [3.63, 3.8) is 0 Å². The molecule has 3 aliphatic rings. The van der Waals surface area contributed by atoms with Gasteiger partial charge >= 0.3 is 0 Å². The van der Waals surface area contributed by atoms with Gasteiger partial charge in [0.2, 0.25) is 10.0 Å². The Kier molecular flexibility index (Phi) is 4.21. The SMILES string of the molecule is O=S(=O)(C1CC1)N1CCOC[C@@]2(CCN(Cc3nccs3)C2)C1. The maximum atomic E-state index is 12.6. The fourth-order valence-corrected chi connectivity index (χ4v) is 6.27. The molecule has 3 fully saturated rings. The van der Waals surface area contributed by atoms with Crippen LogP contribution >= 0.6 is 11.3 Å². The highest BCUT2D eigenvalue weighted by molar-refractivity contribution is 7.90. The van der Waals surface area contributed by atoms with Gasteiger partial charge in [-0.25, -0.2) is 13.4 Å². The predicted octanol–water partition coefficient (Wildman–Crippen LogP) is 1.16. The fourth-order valence-electron chi connectivity index (χ4n) is 3.68. The minimum atomic E-state index is -3.12. The van der Waals surface area contributed by atoms with Crippen LogP contribution in [0.1, 0.15) is 24.3 Å². The first-order chi connectivity index (χ1) is 11.1. The van der Waals surface area contributed by atoms with E-state index in [1.165, 1.54) is 0 Å². The number of aromatic nitrogens is 1. The lowest BCUT2D eigenvalue weighted by atomic mass is 9.88. The van der Waals surface area contributed by atoms with Crippen molar-refractivity contribution in [3.8, 4) is 0 Å². The lowest BCUT2D eigenvalue weighted by Crippen LogP contribution is -2.44. The molecule has 0 radical (unpaired) electrons. The normalized spacial score (nSPS) is 30.8. The lowest BCUT2D eigenvalue weighted by Gasteiger charge is -2.31. The van der Waals surface area contributed by atoms with E-state index >= 15 is 0 Å². The van der Waals surface area contributed by atoms with Gasteiger partial charge in [0.05, 0.1) is 25.0 Å². The van der Waals surface area contributed by atoms with E-state index in [2.05, 4.69) is 9.88 Å². The average molecular weight is 358 g/mol. The smallest absolute Gasteiger partial charge is 0.217 e. The van der Waals surface area contributed by atoms with E-state index in [0.29, 0.717) is 26.3 Å². The maximum absolute atomic E-state index is 12.6. The topological polar surface area (TPSA) is 62.7 Å². The van der Waals surface area contributed by atoms with Crippen LogP contribution < -0.4 is 0 Å². The number of nitrogens with zero attached hydrogens (tertiary/aromatic N) is 3. The summed E-state index contributed by atoms with van der Waals surface area (Å²) in [5.74, 6) is 0. The summed E-state index contributed by atoms with van der Waals surface area (Å²) in [5.41, 5.74) is -0.0598. The molecule has 1 aliphatic carbocycles. The minimum Gasteiger partial charge on any atom is -0.379 e. The molecule has 23 heavy (non-hydrogen) atoms. The molecule has 8 heteroatoms. The fraction of sp³-hybridized carbons (Fsp3) is 0.800. The first kappa shape index (κ1) is 16.0. The molecule has 0 N–H and O–H groups in total. The molecule has 0 amide bonds. The summed E-state index contributed by atoms with van der Waals surface area (Å²) < 4.78 is 32.8. The second kappa shape index (κ2) is 6.07. The number of rotatable bonds is 4. The number of hydrogen-bond acceptors (Lipinski definition) is 6. The number of sulfonamides is 1. The van der Waals surface area contributed by atoms with Gasteiger partial charge in [-0.3, -0.25) is 4.90 Å². The van der Waals surface area contributed by atoms with Crippen LogP contribution in [-0.4, -0.2) is 67.2 Å². The van der Waals surface area contributed by atoms with Gasteiger partial charge in [-0.1, -0.05) is 0 Å². The van der Waals surface area contributed by atoms with Crippen molar-refractivity contribution in [2.45, 2.75) is 31.1 Å². The Labute approximate surface area is 141 Å². The van der Waals surface area contributed by atoms with E-state index in [0.717, 1.165) is 43.9 Å². The molecule has 4 rings (SSSR count). The Morgan fingerprint density at radius 2 is 2.22 bits per heavy atom. The van der Waals surface area contributed by atoms with E-state index in [1.54, 1.807) is 15.6 Å². The molecule has 1 atom stereocenters. The van der Waals surface area contributed by atoms with E-state index in [-0.39, 0.29) is 10.7 Å². The largest absolute Gasteiger partial charge is 0.379 e. The number of thiazole rings is 1. The van der Waals surface area contributed by atoms with E-state index in [4.69, 9.17) is 4.74 Å². The van der Waals surface area contributed by atoms with Crippen LogP contribution in [0.15, 0.2) is 11.6 Å².